The molecule has 1 heterocycles. The third-order valence-corrected chi connectivity index (χ3v) is 3.42. The number of hydrogen-bond acceptors (Lipinski definition) is 3. The van der Waals surface area contributed by atoms with Crippen molar-refractivity contribution in [1.82, 2.24) is 5.16 Å². The monoisotopic (exact) mass is 228 g/mol. The second-order valence-corrected chi connectivity index (χ2v) is 4.56. The molecule has 1 aliphatic rings. The van der Waals surface area contributed by atoms with Crippen LogP contribution in [0.2, 0.25) is 0 Å². The number of benzene rings is 1. The zero-order valence-electron chi connectivity index (χ0n) is 9.78. The fourth-order valence-corrected chi connectivity index (χ4v) is 2.54. The van der Waals surface area contributed by atoms with Crippen LogP contribution in [0, 0.1) is 0 Å². The van der Waals surface area contributed by atoms with Crippen LogP contribution in [0.3, 0.4) is 0 Å². The van der Waals surface area contributed by atoms with E-state index < -0.39 is 0 Å². The third-order valence-electron chi connectivity index (χ3n) is 3.42. The first-order chi connectivity index (χ1) is 8.38. The molecule has 0 radical (unpaired) electrons. The first-order valence-corrected chi connectivity index (χ1v) is 6.14. The molecule has 1 aliphatic carbocycles. The van der Waals surface area contributed by atoms with Crippen molar-refractivity contribution >= 4 is 0 Å². The molecule has 3 nitrogen and oxygen atoms in total. The quantitative estimate of drug-likeness (QED) is 0.877. The van der Waals surface area contributed by atoms with Crippen molar-refractivity contribution in [2.24, 2.45) is 5.73 Å². The highest BCUT2D eigenvalue weighted by Crippen LogP contribution is 2.29. The van der Waals surface area contributed by atoms with Gasteiger partial charge in [-0.05, 0) is 49.4 Å². The Bertz CT molecular complexity index is 531. The van der Waals surface area contributed by atoms with Crippen LogP contribution in [0.15, 0.2) is 28.9 Å². The number of aryl methyl sites for hydroxylation is 2. The molecule has 17 heavy (non-hydrogen) atoms. The van der Waals surface area contributed by atoms with E-state index in [0.717, 1.165) is 23.3 Å². The van der Waals surface area contributed by atoms with Gasteiger partial charge < -0.3 is 10.3 Å². The summed E-state index contributed by atoms with van der Waals surface area (Å²) in [7, 11) is 0. The molecule has 3 heteroatoms. The molecule has 0 amide bonds. The van der Waals surface area contributed by atoms with Crippen LogP contribution in [0.25, 0.3) is 11.3 Å². The number of aromatic nitrogens is 1. The summed E-state index contributed by atoms with van der Waals surface area (Å²) in [4.78, 5) is 0. The van der Waals surface area contributed by atoms with E-state index in [2.05, 4.69) is 23.4 Å². The molecule has 0 bridgehead atoms. The summed E-state index contributed by atoms with van der Waals surface area (Å²) in [5.41, 5.74) is 10.8. The van der Waals surface area contributed by atoms with Gasteiger partial charge >= 0.3 is 0 Å². The van der Waals surface area contributed by atoms with Gasteiger partial charge in [0.1, 0.15) is 0 Å². The Morgan fingerprint density at radius 3 is 3.00 bits per heavy atom. The van der Waals surface area contributed by atoms with Crippen molar-refractivity contribution in [1.29, 1.82) is 0 Å². The van der Waals surface area contributed by atoms with Crippen LogP contribution in [-0.4, -0.2) is 11.7 Å². The van der Waals surface area contributed by atoms with E-state index >= 15 is 0 Å². The maximum Gasteiger partial charge on any atom is 0.170 e. The summed E-state index contributed by atoms with van der Waals surface area (Å²) in [6.07, 6.45) is 6.25. The van der Waals surface area contributed by atoms with E-state index in [9.17, 15) is 0 Å². The van der Waals surface area contributed by atoms with Crippen molar-refractivity contribution in [2.45, 2.75) is 25.7 Å². The summed E-state index contributed by atoms with van der Waals surface area (Å²) in [5.74, 6) is 0.880. The van der Waals surface area contributed by atoms with Gasteiger partial charge in [-0.2, -0.15) is 0 Å². The Hall–Kier alpha value is -1.61. The molecular weight excluding hydrogens is 212 g/mol. The summed E-state index contributed by atoms with van der Waals surface area (Å²) in [6, 6.07) is 6.58. The minimum Gasteiger partial charge on any atom is -0.356 e. The van der Waals surface area contributed by atoms with Crippen LogP contribution >= 0.6 is 0 Å². The fraction of sp³-hybridized carbons (Fsp3) is 0.357. The normalized spacial score (nSPS) is 13.9. The van der Waals surface area contributed by atoms with Crippen molar-refractivity contribution < 1.29 is 4.52 Å². The fourth-order valence-electron chi connectivity index (χ4n) is 2.54. The van der Waals surface area contributed by atoms with Gasteiger partial charge in [-0.15, -0.1) is 0 Å². The standard InChI is InChI=1S/C14H16N2O/c15-7-6-13-9-16-17-14(13)12-5-4-10-2-1-3-11(10)8-12/h4-5,8-9H,1-3,6-7,15H2. The molecule has 0 atom stereocenters. The maximum absolute atomic E-state index is 5.59. The smallest absolute Gasteiger partial charge is 0.170 e. The van der Waals surface area contributed by atoms with Crippen LogP contribution in [-0.2, 0) is 19.3 Å². The lowest BCUT2D eigenvalue weighted by Crippen LogP contribution is -2.02. The number of rotatable bonds is 3. The first-order valence-electron chi connectivity index (χ1n) is 6.14. The predicted molar refractivity (Wildman–Crippen MR) is 66.7 cm³/mol. The number of hydrogen-bond donors (Lipinski definition) is 1. The van der Waals surface area contributed by atoms with Gasteiger partial charge in [0, 0.05) is 11.1 Å². The molecule has 0 fully saturated rings. The van der Waals surface area contributed by atoms with Gasteiger partial charge in [0.15, 0.2) is 5.76 Å². The molecule has 2 N–H and O–H groups in total. The third kappa shape index (κ3) is 1.87. The lowest BCUT2D eigenvalue weighted by Gasteiger charge is -2.03. The van der Waals surface area contributed by atoms with Gasteiger partial charge in [0.05, 0.1) is 6.20 Å². The Kier molecular flexibility index (Phi) is 2.69. The molecule has 2 aromatic rings. The average Bonchev–Trinajstić information content (AvgIpc) is 2.96. The second-order valence-electron chi connectivity index (χ2n) is 4.56. The molecule has 0 aliphatic heterocycles. The molecule has 1 aromatic carbocycles. The van der Waals surface area contributed by atoms with E-state index in [1.54, 1.807) is 6.20 Å². The minimum atomic E-state index is 0.624. The van der Waals surface area contributed by atoms with Crippen molar-refractivity contribution in [3.05, 3.63) is 41.1 Å². The highest BCUT2D eigenvalue weighted by molar-refractivity contribution is 5.63. The number of fused-ring (bicyclic) bond motifs is 1. The van der Waals surface area contributed by atoms with Crippen molar-refractivity contribution in [3.8, 4) is 11.3 Å². The molecule has 0 spiro atoms. The summed E-state index contributed by atoms with van der Waals surface area (Å²) in [6.45, 7) is 0.624. The highest BCUT2D eigenvalue weighted by atomic mass is 16.5. The first kappa shape index (κ1) is 10.5. The number of nitrogens with two attached hydrogens (primary N) is 1. The second kappa shape index (κ2) is 4.34. The van der Waals surface area contributed by atoms with Gasteiger partial charge in [0.2, 0.25) is 0 Å². The Labute approximate surface area is 101 Å². The van der Waals surface area contributed by atoms with E-state index in [1.165, 1.54) is 30.4 Å². The largest absolute Gasteiger partial charge is 0.356 e. The average molecular weight is 228 g/mol. The molecule has 3 rings (SSSR count). The summed E-state index contributed by atoms with van der Waals surface area (Å²) >= 11 is 0. The van der Waals surface area contributed by atoms with E-state index in [0.29, 0.717) is 6.54 Å². The minimum absolute atomic E-state index is 0.624. The van der Waals surface area contributed by atoms with Crippen LogP contribution < -0.4 is 5.73 Å². The van der Waals surface area contributed by atoms with Crippen LogP contribution in [0.5, 0.6) is 0 Å². The maximum atomic E-state index is 5.59. The van der Waals surface area contributed by atoms with Gasteiger partial charge in [-0.3, -0.25) is 0 Å². The van der Waals surface area contributed by atoms with Crippen LogP contribution in [0.4, 0.5) is 0 Å². The molecule has 0 saturated heterocycles. The van der Waals surface area contributed by atoms with Crippen molar-refractivity contribution in [3.63, 3.8) is 0 Å². The predicted octanol–water partition coefficient (Wildman–Crippen LogP) is 2.33. The Morgan fingerprint density at radius 1 is 1.24 bits per heavy atom. The van der Waals surface area contributed by atoms with E-state index in [4.69, 9.17) is 10.3 Å². The van der Waals surface area contributed by atoms with Gasteiger partial charge in [-0.25, -0.2) is 0 Å². The number of nitrogens with zero attached hydrogens (tertiary/aromatic N) is 1. The Balaban J connectivity index is 2.00. The van der Waals surface area contributed by atoms with E-state index in [-0.39, 0.29) is 0 Å². The molecule has 0 unspecified atom stereocenters. The summed E-state index contributed by atoms with van der Waals surface area (Å²) in [5, 5.41) is 3.88. The van der Waals surface area contributed by atoms with Crippen LogP contribution in [0.1, 0.15) is 23.1 Å². The zero-order valence-corrected chi connectivity index (χ0v) is 9.78. The lowest BCUT2D eigenvalue weighted by atomic mass is 10.0. The molecular formula is C14H16N2O. The molecule has 88 valence electrons. The summed E-state index contributed by atoms with van der Waals surface area (Å²) < 4.78 is 5.36. The van der Waals surface area contributed by atoms with Gasteiger partial charge in [-0.1, -0.05) is 17.3 Å². The lowest BCUT2D eigenvalue weighted by molar-refractivity contribution is 0.431. The van der Waals surface area contributed by atoms with Gasteiger partial charge in [0.25, 0.3) is 0 Å². The topological polar surface area (TPSA) is 52.0 Å². The molecule has 1 aromatic heterocycles. The molecule has 0 saturated carbocycles. The zero-order chi connectivity index (χ0) is 11.7. The van der Waals surface area contributed by atoms with Crippen molar-refractivity contribution in [2.75, 3.05) is 6.54 Å². The van der Waals surface area contributed by atoms with E-state index in [1.807, 2.05) is 0 Å². The highest BCUT2D eigenvalue weighted by Gasteiger charge is 2.15. The SMILES string of the molecule is NCCc1cnoc1-c1ccc2c(c1)CCC2. The Morgan fingerprint density at radius 2 is 2.12 bits per heavy atom.